The van der Waals surface area contributed by atoms with Crippen molar-refractivity contribution in [3.05, 3.63) is 23.8 Å². The summed E-state index contributed by atoms with van der Waals surface area (Å²) < 4.78 is 10.4. The molecule has 2 rings (SSSR count). The van der Waals surface area contributed by atoms with E-state index in [0.717, 1.165) is 5.56 Å². The summed E-state index contributed by atoms with van der Waals surface area (Å²) in [6, 6.07) is 5.32. The minimum Gasteiger partial charge on any atom is -0.454 e. The van der Waals surface area contributed by atoms with E-state index in [2.05, 4.69) is 15.8 Å². The molecule has 0 unspecified atom stereocenters. The summed E-state index contributed by atoms with van der Waals surface area (Å²) >= 11 is 0. The van der Waals surface area contributed by atoms with Crippen LogP contribution in [0.1, 0.15) is 25.8 Å². The number of amides is 2. The average Bonchev–Trinajstić information content (AvgIpc) is 2.92. The lowest BCUT2D eigenvalue weighted by Gasteiger charge is -2.06. The van der Waals surface area contributed by atoms with Gasteiger partial charge in [0.15, 0.2) is 11.5 Å². The van der Waals surface area contributed by atoms with Crippen LogP contribution in [-0.4, -0.2) is 31.4 Å². The highest BCUT2D eigenvalue weighted by Crippen LogP contribution is 2.31. The van der Waals surface area contributed by atoms with Gasteiger partial charge in [-0.1, -0.05) is 13.8 Å². The van der Waals surface area contributed by atoms with Crippen molar-refractivity contribution in [2.45, 2.75) is 20.3 Å². The minimum atomic E-state index is -0.460. The zero-order chi connectivity index (χ0) is 15.9. The van der Waals surface area contributed by atoms with Crippen LogP contribution in [0.3, 0.4) is 0 Å². The number of rotatable bonds is 6. The molecule has 1 aromatic carbocycles. The molecule has 0 saturated heterocycles. The molecule has 7 nitrogen and oxygen atoms in total. The Morgan fingerprint density at radius 2 is 2.05 bits per heavy atom. The normalized spacial score (nSPS) is 12.7. The minimum absolute atomic E-state index is 0.207. The maximum absolute atomic E-state index is 11.5. The quantitative estimate of drug-likeness (QED) is 0.467. The van der Waals surface area contributed by atoms with Gasteiger partial charge in [-0.2, -0.15) is 5.10 Å². The molecule has 0 aliphatic carbocycles. The van der Waals surface area contributed by atoms with Crippen molar-refractivity contribution < 1.29 is 19.1 Å². The third kappa shape index (κ3) is 4.76. The fraction of sp³-hybridized carbons (Fsp3) is 0.400. The molecular weight excluding hydrogens is 286 g/mol. The molecule has 0 aromatic heterocycles. The highest BCUT2D eigenvalue weighted by atomic mass is 16.7. The first-order valence-corrected chi connectivity index (χ1v) is 7.03. The third-order valence-electron chi connectivity index (χ3n) is 2.83. The number of fused-ring (bicyclic) bond motifs is 1. The predicted molar refractivity (Wildman–Crippen MR) is 80.8 cm³/mol. The lowest BCUT2D eigenvalue weighted by atomic mass is 10.2. The summed E-state index contributed by atoms with van der Waals surface area (Å²) in [4.78, 5) is 23.0. The van der Waals surface area contributed by atoms with Gasteiger partial charge in [-0.3, -0.25) is 9.59 Å². The van der Waals surface area contributed by atoms with Crippen molar-refractivity contribution in [3.63, 3.8) is 0 Å². The molecule has 0 atom stereocenters. The summed E-state index contributed by atoms with van der Waals surface area (Å²) in [5, 5.41) is 6.48. The highest BCUT2D eigenvalue weighted by molar-refractivity contribution is 5.97. The summed E-state index contributed by atoms with van der Waals surface area (Å²) in [5.41, 5.74) is 3.07. The third-order valence-corrected chi connectivity index (χ3v) is 2.83. The van der Waals surface area contributed by atoms with Crippen LogP contribution in [0, 0.1) is 5.92 Å². The molecule has 0 fully saturated rings. The number of hydrogen-bond acceptors (Lipinski definition) is 5. The molecule has 0 saturated carbocycles. The molecule has 1 aliphatic rings. The lowest BCUT2D eigenvalue weighted by Crippen LogP contribution is -2.32. The first kappa shape index (κ1) is 15.8. The Kier molecular flexibility index (Phi) is 5.35. The summed E-state index contributed by atoms with van der Waals surface area (Å²) in [7, 11) is 0. The fourth-order valence-electron chi connectivity index (χ4n) is 1.74. The fourth-order valence-corrected chi connectivity index (χ4v) is 1.74. The van der Waals surface area contributed by atoms with Gasteiger partial charge in [0.05, 0.1) is 6.21 Å². The van der Waals surface area contributed by atoms with E-state index >= 15 is 0 Å². The Hall–Kier alpha value is -2.57. The van der Waals surface area contributed by atoms with Gasteiger partial charge in [0.1, 0.15) is 6.42 Å². The molecule has 1 heterocycles. The van der Waals surface area contributed by atoms with Crippen molar-refractivity contribution in [1.29, 1.82) is 0 Å². The average molecular weight is 305 g/mol. The van der Waals surface area contributed by atoms with Gasteiger partial charge in [0, 0.05) is 6.54 Å². The van der Waals surface area contributed by atoms with Gasteiger partial charge in [-0.25, -0.2) is 5.43 Å². The van der Waals surface area contributed by atoms with Gasteiger partial charge < -0.3 is 14.8 Å². The van der Waals surface area contributed by atoms with Crippen LogP contribution in [-0.2, 0) is 9.59 Å². The molecule has 0 radical (unpaired) electrons. The van der Waals surface area contributed by atoms with E-state index in [-0.39, 0.29) is 19.1 Å². The maximum atomic E-state index is 11.5. The monoisotopic (exact) mass is 305 g/mol. The second kappa shape index (κ2) is 7.44. The Morgan fingerprint density at radius 3 is 2.82 bits per heavy atom. The van der Waals surface area contributed by atoms with E-state index in [9.17, 15) is 9.59 Å². The number of ether oxygens (including phenoxy) is 2. The molecule has 0 bridgehead atoms. The van der Waals surface area contributed by atoms with Gasteiger partial charge in [0.2, 0.25) is 18.6 Å². The van der Waals surface area contributed by atoms with E-state index in [1.165, 1.54) is 6.21 Å². The molecular formula is C15H19N3O4. The zero-order valence-corrected chi connectivity index (χ0v) is 12.6. The van der Waals surface area contributed by atoms with E-state index < -0.39 is 5.91 Å². The molecule has 0 spiro atoms. The van der Waals surface area contributed by atoms with Crippen molar-refractivity contribution in [1.82, 2.24) is 10.7 Å². The number of carbonyl (C=O) groups is 2. The second-order valence-electron chi connectivity index (χ2n) is 5.28. The first-order chi connectivity index (χ1) is 10.5. The SMILES string of the molecule is CC(C)CNC(=O)CC(=O)NN=Cc1ccc2c(c1)OCO2. The van der Waals surface area contributed by atoms with Crippen LogP contribution < -0.4 is 20.2 Å². The topological polar surface area (TPSA) is 89.0 Å². The van der Waals surface area contributed by atoms with E-state index in [1.54, 1.807) is 18.2 Å². The van der Waals surface area contributed by atoms with Crippen LogP contribution in [0.15, 0.2) is 23.3 Å². The van der Waals surface area contributed by atoms with Gasteiger partial charge >= 0.3 is 0 Å². The Balaban J connectivity index is 1.77. The molecule has 1 aliphatic heterocycles. The van der Waals surface area contributed by atoms with Gasteiger partial charge in [-0.05, 0) is 29.7 Å². The molecule has 1 aromatic rings. The molecule has 7 heteroatoms. The van der Waals surface area contributed by atoms with Crippen LogP contribution in [0.5, 0.6) is 11.5 Å². The van der Waals surface area contributed by atoms with E-state index in [4.69, 9.17) is 9.47 Å². The number of nitrogens with zero attached hydrogens (tertiary/aromatic N) is 1. The largest absolute Gasteiger partial charge is 0.454 e. The van der Waals surface area contributed by atoms with Crippen molar-refractivity contribution in [2.24, 2.45) is 11.0 Å². The Morgan fingerprint density at radius 1 is 1.27 bits per heavy atom. The molecule has 2 amide bonds. The lowest BCUT2D eigenvalue weighted by molar-refractivity contribution is -0.129. The van der Waals surface area contributed by atoms with Crippen molar-refractivity contribution in [2.75, 3.05) is 13.3 Å². The number of hydrogen-bond donors (Lipinski definition) is 2. The Bertz CT molecular complexity index is 584. The Labute approximate surface area is 128 Å². The molecule has 2 N–H and O–H groups in total. The smallest absolute Gasteiger partial charge is 0.249 e. The number of benzene rings is 1. The van der Waals surface area contributed by atoms with E-state index in [1.807, 2.05) is 13.8 Å². The number of carbonyl (C=O) groups excluding carboxylic acids is 2. The summed E-state index contributed by atoms with van der Waals surface area (Å²) in [5.74, 6) is 0.894. The number of nitrogens with one attached hydrogen (secondary N) is 2. The second-order valence-corrected chi connectivity index (χ2v) is 5.28. The molecule has 118 valence electrons. The molecule has 22 heavy (non-hydrogen) atoms. The van der Waals surface area contributed by atoms with Crippen LogP contribution in [0.25, 0.3) is 0 Å². The standard InChI is InChI=1S/C15H19N3O4/c1-10(2)7-16-14(19)6-15(20)18-17-8-11-3-4-12-13(5-11)22-9-21-12/h3-5,8,10H,6-7,9H2,1-2H3,(H,16,19)(H,18,20). The van der Waals surface area contributed by atoms with Crippen LogP contribution in [0.4, 0.5) is 0 Å². The highest BCUT2D eigenvalue weighted by Gasteiger charge is 2.12. The van der Waals surface area contributed by atoms with Crippen LogP contribution in [0.2, 0.25) is 0 Å². The van der Waals surface area contributed by atoms with E-state index in [0.29, 0.717) is 24.0 Å². The zero-order valence-electron chi connectivity index (χ0n) is 12.6. The number of hydrazone groups is 1. The summed E-state index contributed by atoms with van der Waals surface area (Å²) in [6.45, 7) is 4.72. The van der Waals surface area contributed by atoms with Gasteiger partial charge in [0.25, 0.3) is 0 Å². The maximum Gasteiger partial charge on any atom is 0.249 e. The summed E-state index contributed by atoms with van der Waals surface area (Å²) in [6.07, 6.45) is 1.23. The van der Waals surface area contributed by atoms with Gasteiger partial charge in [-0.15, -0.1) is 0 Å². The van der Waals surface area contributed by atoms with Crippen molar-refractivity contribution >= 4 is 18.0 Å². The predicted octanol–water partition coefficient (Wildman–Crippen LogP) is 1.03. The van der Waals surface area contributed by atoms with Crippen molar-refractivity contribution in [3.8, 4) is 11.5 Å². The van der Waals surface area contributed by atoms with Crippen LogP contribution >= 0.6 is 0 Å². The first-order valence-electron chi connectivity index (χ1n) is 7.03.